The fraction of sp³-hybridized carbons (Fsp3) is 1.00. The minimum absolute atomic E-state index is 0.936. The fourth-order valence-corrected chi connectivity index (χ4v) is 2.67. The Labute approximate surface area is 140 Å². The van der Waals surface area contributed by atoms with Gasteiger partial charge in [0, 0.05) is 26.4 Å². The zero-order chi connectivity index (χ0) is 16.1. The number of hydrogen-bond donors (Lipinski definition) is 0. The second-order valence-corrected chi connectivity index (χ2v) is 6.47. The van der Waals surface area contributed by atoms with Crippen LogP contribution in [0.1, 0.15) is 104 Å². The van der Waals surface area contributed by atoms with Crippen LogP contribution in [0.25, 0.3) is 0 Å². The van der Waals surface area contributed by atoms with Crippen molar-refractivity contribution in [3.63, 3.8) is 0 Å². The van der Waals surface area contributed by atoms with Gasteiger partial charge in [-0.1, -0.05) is 78.1 Å². The molecule has 0 aromatic rings. The predicted molar refractivity (Wildman–Crippen MR) is 97.6 cm³/mol. The number of rotatable bonds is 19. The zero-order valence-corrected chi connectivity index (χ0v) is 15.5. The quantitative estimate of drug-likeness (QED) is 0.253. The van der Waals surface area contributed by atoms with Gasteiger partial charge >= 0.3 is 0 Å². The monoisotopic (exact) mass is 314 g/mol. The molecule has 0 heterocycles. The second-order valence-electron chi connectivity index (χ2n) is 6.47. The third-order valence-electron chi connectivity index (χ3n) is 4.02. The van der Waals surface area contributed by atoms with Crippen LogP contribution in [0, 0.1) is 0 Å². The van der Waals surface area contributed by atoms with E-state index in [0.717, 1.165) is 39.3 Å². The van der Waals surface area contributed by atoms with E-state index in [1.54, 1.807) is 0 Å². The summed E-state index contributed by atoms with van der Waals surface area (Å²) in [5.41, 5.74) is 0. The topological polar surface area (TPSA) is 18.5 Å². The zero-order valence-electron chi connectivity index (χ0n) is 15.5. The summed E-state index contributed by atoms with van der Waals surface area (Å²) in [5.74, 6) is 0. The molecule has 0 aliphatic rings. The molecule has 0 aliphatic carbocycles. The summed E-state index contributed by atoms with van der Waals surface area (Å²) in [6.07, 6.45) is 18.9. The van der Waals surface area contributed by atoms with Crippen LogP contribution in [0.3, 0.4) is 0 Å². The van der Waals surface area contributed by atoms with Gasteiger partial charge in [0.25, 0.3) is 0 Å². The molecule has 0 bridgehead atoms. The van der Waals surface area contributed by atoms with E-state index in [1.165, 1.54) is 77.0 Å². The standard InChI is InChI=1S/C20H42O2/c1-3-17-21-19-15-13-11-9-7-5-6-8-10-12-14-16-20-22-18-4-2/h3-20H2,1-2H3. The molecule has 2 heteroatoms. The molecule has 0 rings (SSSR count). The molecule has 0 aliphatic heterocycles. The summed E-state index contributed by atoms with van der Waals surface area (Å²) in [6, 6.07) is 0. The van der Waals surface area contributed by atoms with Crippen LogP contribution in [0.15, 0.2) is 0 Å². The molecule has 0 N–H and O–H groups in total. The molecular formula is C20H42O2. The number of ether oxygens (including phenoxy) is 2. The molecule has 0 amide bonds. The minimum Gasteiger partial charge on any atom is -0.381 e. The Bertz CT molecular complexity index is 163. The van der Waals surface area contributed by atoms with E-state index in [-0.39, 0.29) is 0 Å². The molecule has 0 radical (unpaired) electrons. The first-order valence-corrected chi connectivity index (χ1v) is 10.1. The third-order valence-corrected chi connectivity index (χ3v) is 4.02. The molecule has 0 aromatic carbocycles. The fourth-order valence-electron chi connectivity index (χ4n) is 2.67. The van der Waals surface area contributed by atoms with E-state index < -0.39 is 0 Å². The Morgan fingerprint density at radius 2 is 0.636 bits per heavy atom. The number of unbranched alkanes of at least 4 members (excludes halogenated alkanes) is 11. The van der Waals surface area contributed by atoms with Gasteiger partial charge in [0.05, 0.1) is 0 Å². The molecule has 0 aromatic heterocycles. The van der Waals surface area contributed by atoms with Crippen molar-refractivity contribution in [2.24, 2.45) is 0 Å². The molecule has 0 saturated carbocycles. The lowest BCUT2D eigenvalue weighted by atomic mass is 10.1. The highest BCUT2D eigenvalue weighted by Crippen LogP contribution is 2.12. The molecule has 0 fully saturated rings. The lowest BCUT2D eigenvalue weighted by molar-refractivity contribution is 0.130. The summed E-state index contributed by atoms with van der Waals surface area (Å²) in [5, 5.41) is 0. The van der Waals surface area contributed by atoms with E-state index in [4.69, 9.17) is 9.47 Å². The summed E-state index contributed by atoms with van der Waals surface area (Å²) in [4.78, 5) is 0. The maximum atomic E-state index is 5.49. The first-order valence-electron chi connectivity index (χ1n) is 10.1. The SMILES string of the molecule is CCCOCCCCCCCCCCCCCCOCCC. The van der Waals surface area contributed by atoms with Gasteiger partial charge in [-0.05, 0) is 25.7 Å². The summed E-state index contributed by atoms with van der Waals surface area (Å²) in [6.45, 7) is 8.15. The van der Waals surface area contributed by atoms with E-state index in [1.807, 2.05) is 0 Å². The first kappa shape index (κ1) is 21.9. The van der Waals surface area contributed by atoms with Gasteiger partial charge in [0.2, 0.25) is 0 Å². The van der Waals surface area contributed by atoms with E-state index in [0.29, 0.717) is 0 Å². The normalized spacial score (nSPS) is 11.2. The van der Waals surface area contributed by atoms with Crippen LogP contribution in [0.2, 0.25) is 0 Å². The Hall–Kier alpha value is -0.0800. The summed E-state index contributed by atoms with van der Waals surface area (Å²) in [7, 11) is 0. The van der Waals surface area contributed by atoms with Crippen molar-refractivity contribution in [3.8, 4) is 0 Å². The average Bonchev–Trinajstić information content (AvgIpc) is 2.54. The average molecular weight is 315 g/mol. The Morgan fingerprint density at radius 1 is 0.364 bits per heavy atom. The van der Waals surface area contributed by atoms with Crippen molar-refractivity contribution in [2.75, 3.05) is 26.4 Å². The van der Waals surface area contributed by atoms with Crippen molar-refractivity contribution >= 4 is 0 Å². The van der Waals surface area contributed by atoms with Gasteiger partial charge in [0.15, 0.2) is 0 Å². The van der Waals surface area contributed by atoms with Crippen molar-refractivity contribution in [1.82, 2.24) is 0 Å². The van der Waals surface area contributed by atoms with Gasteiger partial charge in [-0.2, -0.15) is 0 Å². The van der Waals surface area contributed by atoms with Gasteiger partial charge in [-0.25, -0.2) is 0 Å². The van der Waals surface area contributed by atoms with Crippen LogP contribution >= 0.6 is 0 Å². The molecule has 2 nitrogen and oxygen atoms in total. The molecule has 0 atom stereocenters. The van der Waals surface area contributed by atoms with Crippen molar-refractivity contribution in [1.29, 1.82) is 0 Å². The first-order chi connectivity index (χ1) is 10.9. The highest BCUT2D eigenvalue weighted by molar-refractivity contribution is 4.49. The van der Waals surface area contributed by atoms with Crippen LogP contribution in [-0.4, -0.2) is 26.4 Å². The van der Waals surface area contributed by atoms with Crippen LogP contribution in [-0.2, 0) is 9.47 Å². The second kappa shape index (κ2) is 20.9. The van der Waals surface area contributed by atoms with E-state index in [9.17, 15) is 0 Å². The van der Waals surface area contributed by atoms with Crippen LogP contribution in [0.4, 0.5) is 0 Å². The Kier molecular flexibility index (Phi) is 20.8. The molecule has 134 valence electrons. The smallest absolute Gasteiger partial charge is 0.0466 e. The third kappa shape index (κ3) is 19.9. The maximum absolute atomic E-state index is 5.49. The van der Waals surface area contributed by atoms with Crippen molar-refractivity contribution in [2.45, 2.75) is 104 Å². The Balaban J connectivity index is 2.91. The highest BCUT2D eigenvalue weighted by Gasteiger charge is 1.94. The maximum Gasteiger partial charge on any atom is 0.0466 e. The minimum atomic E-state index is 0.936. The van der Waals surface area contributed by atoms with E-state index >= 15 is 0 Å². The molecule has 0 spiro atoms. The van der Waals surface area contributed by atoms with Gasteiger partial charge in [-0.15, -0.1) is 0 Å². The molecule has 0 unspecified atom stereocenters. The van der Waals surface area contributed by atoms with Gasteiger partial charge in [0.1, 0.15) is 0 Å². The van der Waals surface area contributed by atoms with Crippen molar-refractivity contribution < 1.29 is 9.47 Å². The van der Waals surface area contributed by atoms with E-state index in [2.05, 4.69) is 13.8 Å². The lowest BCUT2D eigenvalue weighted by Crippen LogP contribution is -1.95. The number of hydrogen-bond acceptors (Lipinski definition) is 2. The summed E-state index contributed by atoms with van der Waals surface area (Å²) >= 11 is 0. The lowest BCUT2D eigenvalue weighted by Gasteiger charge is -2.04. The molecule has 22 heavy (non-hydrogen) atoms. The van der Waals surface area contributed by atoms with Crippen molar-refractivity contribution in [3.05, 3.63) is 0 Å². The van der Waals surface area contributed by atoms with Crippen LogP contribution in [0.5, 0.6) is 0 Å². The Morgan fingerprint density at radius 3 is 0.909 bits per heavy atom. The highest BCUT2D eigenvalue weighted by atomic mass is 16.5. The molecular weight excluding hydrogens is 272 g/mol. The molecule has 0 saturated heterocycles. The van der Waals surface area contributed by atoms with Crippen LogP contribution < -0.4 is 0 Å². The van der Waals surface area contributed by atoms with Gasteiger partial charge in [-0.3, -0.25) is 0 Å². The summed E-state index contributed by atoms with van der Waals surface area (Å²) < 4.78 is 11.0. The predicted octanol–water partition coefficient (Wildman–Crippen LogP) is 6.52. The largest absolute Gasteiger partial charge is 0.381 e. The van der Waals surface area contributed by atoms with Gasteiger partial charge < -0.3 is 9.47 Å².